The minimum Gasteiger partial charge on any atom is -0.353 e. The third kappa shape index (κ3) is 1.17. The fraction of sp³-hybridized carbons (Fsp3) is 0.909. The highest BCUT2D eigenvalue weighted by Gasteiger charge is 2.69. The number of ether oxygens (including phenoxy) is 4. The number of ketones is 1. The van der Waals surface area contributed by atoms with Crippen molar-refractivity contribution in [2.45, 2.75) is 56.6 Å². The first-order valence-corrected chi connectivity index (χ1v) is 5.58. The van der Waals surface area contributed by atoms with Crippen molar-refractivity contribution in [3.63, 3.8) is 0 Å². The molecule has 5 nitrogen and oxygen atoms in total. The number of carbonyl (C=O) groups excluding carboxylic acids is 1. The van der Waals surface area contributed by atoms with E-state index in [1.54, 1.807) is 7.11 Å². The molecule has 4 atom stereocenters. The van der Waals surface area contributed by atoms with E-state index in [4.69, 9.17) is 18.9 Å². The summed E-state index contributed by atoms with van der Waals surface area (Å²) < 4.78 is 22.4. The second-order valence-corrected chi connectivity index (χ2v) is 5.06. The Balaban J connectivity index is 1.92. The van der Waals surface area contributed by atoms with Crippen molar-refractivity contribution in [3.8, 4) is 0 Å². The molecular formula is C11H16O5. The number of hydrogen-bond donors (Lipinski definition) is 0. The summed E-state index contributed by atoms with van der Waals surface area (Å²) in [5, 5.41) is 0. The first-order chi connectivity index (χ1) is 7.48. The number of rotatable bonds is 1. The highest BCUT2D eigenvalue weighted by atomic mass is 16.8. The van der Waals surface area contributed by atoms with Crippen molar-refractivity contribution < 1.29 is 23.7 Å². The highest BCUT2D eigenvalue weighted by Crippen LogP contribution is 2.51. The molecule has 3 fully saturated rings. The standard InChI is InChI=1S/C11H16O5/c1-10(2)14-7-8(15-10)11(5-4-6(11)12)16-9(7)13-3/h7-9H,4-5H2,1-3H3/t7?,8?,9?,11-/m0/s1. The molecule has 3 unspecified atom stereocenters. The smallest absolute Gasteiger partial charge is 0.187 e. The van der Waals surface area contributed by atoms with Crippen LogP contribution in [0.4, 0.5) is 0 Å². The molecule has 90 valence electrons. The molecule has 1 aliphatic carbocycles. The molecule has 0 aromatic carbocycles. The summed E-state index contributed by atoms with van der Waals surface area (Å²) in [4.78, 5) is 11.8. The lowest BCUT2D eigenvalue weighted by molar-refractivity contribution is -0.254. The Morgan fingerprint density at radius 1 is 1.31 bits per heavy atom. The molecule has 3 aliphatic rings. The van der Waals surface area contributed by atoms with Crippen molar-refractivity contribution in [1.82, 2.24) is 0 Å². The number of Topliss-reactive ketones (excluding diaryl/α,β-unsaturated/α-hetero) is 1. The lowest BCUT2D eigenvalue weighted by Gasteiger charge is -2.39. The fourth-order valence-corrected chi connectivity index (χ4v) is 2.77. The van der Waals surface area contributed by atoms with Crippen LogP contribution in [0.2, 0.25) is 0 Å². The largest absolute Gasteiger partial charge is 0.353 e. The molecule has 0 bridgehead atoms. The molecule has 0 aromatic rings. The van der Waals surface area contributed by atoms with Crippen LogP contribution in [-0.2, 0) is 23.7 Å². The van der Waals surface area contributed by atoms with Gasteiger partial charge in [0.15, 0.2) is 23.5 Å². The maximum atomic E-state index is 11.8. The maximum absolute atomic E-state index is 11.8. The molecule has 3 rings (SSSR count). The summed E-state index contributed by atoms with van der Waals surface area (Å²) >= 11 is 0. The van der Waals surface area contributed by atoms with E-state index in [-0.39, 0.29) is 18.0 Å². The second kappa shape index (κ2) is 3.04. The minimum absolute atomic E-state index is 0.100. The third-order valence-corrected chi connectivity index (χ3v) is 3.61. The summed E-state index contributed by atoms with van der Waals surface area (Å²) in [6, 6.07) is 0. The van der Waals surface area contributed by atoms with E-state index in [1.807, 2.05) is 13.8 Å². The summed E-state index contributed by atoms with van der Waals surface area (Å²) in [6.45, 7) is 3.68. The Hall–Kier alpha value is -0.490. The molecule has 0 N–H and O–H groups in total. The van der Waals surface area contributed by atoms with Crippen molar-refractivity contribution in [3.05, 3.63) is 0 Å². The molecule has 1 saturated carbocycles. The van der Waals surface area contributed by atoms with Gasteiger partial charge in [-0.25, -0.2) is 0 Å². The monoisotopic (exact) mass is 228 g/mol. The molecule has 0 aromatic heterocycles. The summed E-state index contributed by atoms with van der Waals surface area (Å²) in [6.07, 6.45) is 0.129. The Morgan fingerprint density at radius 3 is 2.56 bits per heavy atom. The van der Waals surface area contributed by atoms with Crippen LogP contribution in [0.25, 0.3) is 0 Å². The van der Waals surface area contributed by atoms with Gasteiger partial charge >= 0.3 is 0 Å². The van der Waals surface area contributed by atoms with E-state index in [2.05, 4.69) is 0 Å². The minimum atomic E-state index is -0.806. The number of fused-ring (bicyclic) bond motifs is 2. The zero-order valence-corrected chi connectivity index (χ0v) is 9.69. The average Bonchev–Trinajstić information content (AvgIpc) is 2.68. The van der Waals surface area contributed by atoms with Crippen molar-refractivity contribution >= 4 is 5.78 Å². The van der Waals surface area contributed by atoms with Crippen molar-refractivity contribution in [2.75, 3.05) is 7.11 Å². The fourth-order valence-electron chi connectivity index (χ4n) is 2.77. The zero-order chi connectivity index (χ0) is 11.6. The van der Waals surface area contributed by atoms with Gasteiger partial charge in [0.25, 0.3) is 0 Å². The van der Waals surface area contributed by atoms with Crippen molar-refractivity contribution in [1.29, 1.82) is 0 Å². The Labute approximate surface area is 94.0 Å². The van der Waals surface area contributed by atoms with Gasteiger partial charge in [0.05, 0.1) is 0 Å². The van der Waals surface area contributed by atoms with E-state index in [0.29, 0.717) is 12.8 Å². The van der Waals surface area contributed by atoms with Gasteiger partial charge in [-0.15, -0.1) is 0 Å². The molecule has 16 heavy (non-hydrogen) atoms. The van der Waals surface area contributed by atoms with Gasteiger partial charge in [-0.05, 0) is 20.3 Å². The second-order valence-electron chi connectivity index (χ2n) is 5.06. The van der Waals surface area contributed by atoms with Crippen LogP contribution in [0.1, 0.15) is 26.7 Å². The molecule has 1 spiro atoms. The Morgan fingerprint density at radius 2 is 2.06 bits per heavy atom. The first kappa shape index (κ1) is 10.7. The van der Waals surface area contributed by atoms with Gasteiger partial charge in [-0.1, -0.05) is 0 Å². The van der Waals surface area contributed by atoms with Crippen LogP contribution < -0.4 is 0 Å². The van der Waals surface area contributed by atoms with Gasteiger partial charge in [0, 0.05) is 13.5 Å². The number of hydrogen-bond acceptors (Lipinski definition) is 5. The normalized spacial score (nSPS) is 49.4. The van der Waals surface area contributed by atoms with E-state index < -0.39 is 17.7 Å². The third-order valence-electron chi connectivity index (χ3n) is 3.61. The molecule has 2 saturated heterocycles. The van der Waals surface area contributed by atoms with Crippen LogP contribution in [0.15, 0.2) is 0 Å². The van der Waals surface area contributed by atoms with E-state index in [0.717, 1.165) is 0 Å². The van der Waals surface area contributed by atoms with Gasteiger partial charge in [0.2, 0.25) is 0 Å². The predicted octanol–water partition coefficient (Wildman–Crippen LogP) is 0.611. The van der Waals surface area contributed by atoms with Crippen LogP contribution in [0.5, 0.6) is 0 Å². The molecule has 2 heterocycles. The average molecular weight is 228 g/mol. The first-order valence-electron chi connectivity index (χ1n) is 5.58. The van der Waals surface area contributed by atoms with Gasteiger partial charge < -0.3 is 18.9 Å². The lowest BCUT2D eigenvalue weighted by Crippen LogP contribution is -2.56. The summed E-state index contributed by atoms with van der Waals surface area (Å²) in [5.41, 5.74) is -0.806. The van der Waals surface area contributed by atoms with Crippen LogP contribution in [0, 0.1) is 0 Å². The van der Waals surface area contributed by atoms with Crippen LogP contribution in [-0.4, -0.2) is 42.8 Å². The van der Waals surface area contributed by atoms with Gasteiger partial charge in [0.1, 0.15) is 12.2 Å². The summed E-state index contributed by atoms with van der Waals surface area (Å²) in [5.74, 6) is -0.568. The number of methoxy groups -OCH3 is 1. The zero-order valence-electron chi connectivity index (χ0n) is 9.69. The Kier molecular flexibility index (Phi) is 2.02. The molecule has 5 heteroatoms. The molecular weight excluding hydrogens is 212 g/mol. The van der Waals surface area contributed by atoms with E-state index in [9.17, 15) is 4.79 Å². The lowest BCUT2D eigenvalue weighted by atomic mass is 9.74. The molecule has 0 amide bonds. The SMILES string of the molecule is COC1O[C@]2(CCC2=O)C2OC(C)(C)OC12. The Bertz CT molecular complexity index is 339. The summed E-state index contributed by atoms with van der Waals surface area (Å²) in [7, 11) is 1.55. The molecule has 0 radical (unpaired) electrons. The predicted molar refractivity (Wildman–Crippen MR) is 52.7 cm³/mol. The van der Waals surface area contributed by atoms with E-state index >= 15 is 0 Å². The molecule has 2 aliphatic heterocycles. The maximum Gasteiger partial charge on any atom is 0.187 e. The highest BCUT2D eigenvalue weighted by molar-refractivity contribution is 5.94. The van der Waals surface area contributed by atoms with E-state index in [1.165, 1.54) is 0 Å². The van der Waals surface area contributed by atoms with Gasteiger partial charge in [-0.2, -0.15) is 0 Å². The topological polar surface area (TPSA) is 54.0 Å². The van der Waals surface area contributed by atoms with Gasteiger partial charge in [-0.3, -0.25) is 4.79 Å². The quantitative estimate of drug-likeness (QED) is 0.658. The van der Waals surface area contributed by atoms with Crippen molar-refractivity contribution in [2.24, 2.45) is 0 Å². The van der Waals surface area contributed by atoms with Crippen LogP contribution >= 0.6 is 0 Å². The van der Waals surface area contributed by atoms with Crippen LogP contribution in [0.3, 0.4) is 0 Å². The number of carbonyl (C=O) groups is 1.